The van der Waals surface area contributed by atoms with Gasteiger partial charge in [0.15, 0.2) is 11.5 Å². The molecule has 0 unspecified atom stereocenters. The monoisotopic (exact) mass is 398 g/mol. The Morgan fingerprint density at radius 3 is 2.10 bits per heavy atom. The van der Waals surface area contributed by atoms with Gasteiger partial charge in [-0.3, -0.25) is 0 Å². The maximum atomic E-state index is 4.86. The Bertz CT molecular complexity index is 1560. The van der Waals surface area contributed by atoms with Crippen molar-refractivity contribution in [3.05, 3.63) is 114 Å². The molecule has 0 aliphatic heterocycles. The van der Waals surface area contributed by atoms with Crippen LogP contribution in [-0.4, -0.2) is 19.8 Å². The van der Waals surface area contributed by atoms with E-state index in [2.05, 4.69) is 65.8 Å². The lowest BCUT2D eigenvalue weighted by Gasteiger charge is -2.02. The second kappa shape index (κ2) is 7.18. The normalized spacial score (nSPS) is 12.1. The third kappa shape index (κ3) is 3.06. The van der Waals surface area contributed by atoms with E-state index in [1.807, 2.05) is 48.5 Å². The molecule has 0 amide bonds. The molecule has 6 rings (SSSR count). The van der Waals surface area contributed by atoms with Gasteiger partial charge in [0.2, 0.25) is 0 Å². The molecular weight excluding hydrogens is 380 g/mol. The molecule has 0 spiro atoms. The van der Waals surface area contributed by atoms with Crippen molar-refractivity contribution in [1.82, 2.24) is 19.8 Å². The summed E-state index contributed by atoms with van der Waals surface area (Å²) in [6, 6.07) is 35.0. The molecule has 4 aromatic carbocycles. The molecule has 0 bridgehead atoms. The third-order valence-corrected chi connectivity index (χ3v) is 5.48. The van der Waals surface area contributed by atoms with Gasteiger partial charge in [-0.15, -0.1) is 14.8 Å². The molecule has 2 aromatic heterocycles. The smallest absolute Gasteiger partial charge is 0.186 e. The number of hydrogen-bond acceptors (Lipinski definition) is 3. The van der Waals surface area contributed by atoms with E-state index >= 15 is 0 Å². The zero-order chi connectivity index (χ0) is 20.6. The zero-order valence-corrected chi connectivity index (χ0v) is 16.7. The van der Waals surface area contributed by atoms with Crippen LogP contribution in [0.25, 0.3) is 45.1 Å². The van der Waals surface area contributed by atoms with Crippen LogP contribution in [0.2, 0.25) is 0 Å². The van der Waals surface area contributed by atoms with Gasteiger partial charge in [0.25, 0.3) is 0 Å². The average molecular weight is 398 g/mol. The maximum absolute atomic E-state index is 4.86. The number of benzene rings is 4. The van der Waals surface area contributed by atoms with Crippen LogP contribution in [0.3, 0.4) is 0 Å². The van der Waals surface area contributed by atoms with Crippen LogP contribution in [-0.2, 0) is 0 Å². The minimum atomic E-state index is 0.676. The van der Waals surface area contributed by atoms with Crippen molar-refractivity contribution < 1.29 is 0 Å². The van der Waals surface area contributed by atoms with E-state index < -0.39 is 0 Å². The minimum absolute atomic E-state index is 0.676. The number of hydrogen-bond donors (Lipinski definition) is 0. The highest BCUT2D eigenvalue weighted by atomic mass is 15.5. The second-order valence-electron chi connectivity index (χ2n) is 7.46. The van der Waals surface area contributed by atoms with Crippen molar-refractivity contribution in [2.24, 2.45) is 0 Å². The van der Waals surface area contributed by atoms with Crippen LogP contribution in [0.5, 0.6) is 0 Å². The molecule has 31 heavy (non-hydrogen) atoms. The summed E-state index contributed by atoms with van der Waals surface area (Å²) in [5.41, 5.74) is 4.79. The van der Waals surface area contributed by atoms with Gasteiger partial charge in [-0.2, -0.15) is 0 Å². The summed E-state index contributed by atoms with van der Waals surface area (Å²) in [6.07, 6.45) is 2.18. The van der Waals surface area contributed by atoms with Crippen LogP contribution < -0.4 is 5.22 Å². The molecule has 0 fully saturated rings. The Balaban J connectivity index is 1.65. The van der Waals surface area contributed by atoms with Gasteiger partial charge in [0.05, 0.1) is 0 Å². The first kappa shape index (κ1) is 17.5. The van der Waals surface area contributed by atoms with Gasteiger partial charge in [-0.25, -0.2) is 4.98 Å². The Morgan fingerprint density at radius 2 is 1.29 bits per heavy atom. The van der Waals surface area contributed by atoms with Crippen molar-refractivity contribution in [3.8, 4) is 22.6 Å². The molecule has 6 aromatic rings. The first-order valence-corrected chi connectivity index (χ1v) is 10.2. The highest BCUT2D eigenvalue weighted by Crippen LogP contribution is 2.22. The molecule has 0 aliphatic rings. The Hall–Kier alpha value is -4.31. The minimum Gasteiger partial charge on any atom is -0.204 e. The first-order chi connectivity index (χ1) is 15.4. The van der Waals surface area contributed by atoms with Gasteiger partial charge in [0.1, 0.15) is 5.69 Å². The van der Waals surface area contributed by atoms with Crippen LogP contribution in [0, 0.1) is 0 Å². The van der Waals surface area contributed by atoms with Crippen LogP contribution in [0.1, 0.15) is 5.56 Å². The second-order valence-corrected chi connectivity index (χ2v) is 7.46. The predicted molar refractivity (Wildman–Crippen MR) is 124 cm³/mol. The lowest BCUT2D eigenvalue weighted by atomic mass is 10.0. The number of nitrogens with zero attached hydrogens (tertiary/aromatic N) is 4. The summed E-state index contributed by atoms with van der Waals surface area (Å²) in [4.78, 5) is 4.86. The van der Waals surface area contributed by atoms with E-state index in [0.29, 0.717) is 5.82 Å². The first-order valence-electron chi connectivity index (χ1n) is 10.2. The largest absolute Gasteiger partial charge is 0.204 e. The van der Waals surface area contributed by atoms with E-state index in [9.17, 15) is 0 Å². The van der Waals surface area contributed by atoms with Crippen LogP contribution in [0.4, 0.5) is 0 Å². The molecular formula is C27H18N4. The number of fused-ring (bicyclic) bond motifs is 2. The highest BCUT2D eigenvalue weighted by Gasteiger charge is 2.15. The molecule has 0 radical (unpaired) electrons. The molecule has 0 N–H and O–H groups in total. The van der Waals surface area contributed by atoms with E-state index in [4.69, 9.17) is 10.1 Å². The fourth-order valence-corrected chi connectivity index (χ4v) is 3.98. The standard InChI is InChI=1S/C27H18N4/c1-3-11-20(12-4-1)25-24(18-22-16-9-15-19-10-7-8-17-23(19)22)27-28-26(30-31(27)29-25)21-13-5-2-6-14-21/h1-18H. The molecule has 0 aliphatic carbocycles. The Labute approximate surface area is 179 Å². The fourth-order valence-electron chi connectivity index (χ4n) is 3.98. The third-order valence-electron chi connectivity index (χ3n) is 5.48. The summed E-state index contributed by atoms with van der Waals surface area (Å²) in [5.74, 6) is 0.676. The van der Waals surface area contributed by atoms with Crippen molar-refractivity contribution in [1.29, 1.82) is 0 Å². The number of aromatic nitrogens is 4. The summed E-state index contributed by atoms with van der Waals surface area (Å²) in [7, 11) is 0. The quantitative estimate of drug-likeness (QED) is 0.414. The molecule has 4 nitrogen and oxygen atoms in total. The van der Waals surface area contributed by atoms with E-state index in [0.717, 1.165) is 33.3 Å². The molecule has 0 atom stereocenters. The molecule has 2 heterocycles. The van der Waals surface area contributed by atoms with E-state index in [-0.39, 0.29) is 0 Å². The van der Waals surface area contributed by atoms with Crippen molar-refractivity contribution in [2.45, 2.75) is 0 Å². The summed E-state index contributed by atoms with van der Waals surface area (Å²) in [5, 5.41) is 12.9. The van der Waals surface area contributed by atoms with Crippen LogP contribution >= 0.6 is 0 Å². The van der Waals surface area contributed by atoms with Crippen LogP contribution in [0.15, 0.2) is 103 Å². The molecule has 4 heteroatoms. The van der Waals surface area contributed by atoms with Crippen molar-refractivity contribution >= 4 is 22.5 Å². The van der Waals surface area contributed by atoms with Crippen molar-refractivity contribution in [3.63, 3.8) is 0 Å². The predicted octanol–water partition coefficient (Wildman–Crippen LogP) is 5.16. The topological polar surface area (TPSA) is 43.1 Å². The lowest BCUT2D eigenvalue weighted by molar-refractivity contribution is 0.828. The van der Waals surface area contributed by atoms with Gasteiger partial charge in [-0.1, -0.05) is 103 Å². The average Bonchev–Trinajstić information content (AvgIpc) is 3.40. The Kier molecular flexibility index (Phi) is 4.06. The lowest BCUT2D eigenvalue weighted by Crippen LogP contribution is -2.04. The number of rotatable bonds is 3. The summed E-state index contributed by atoms with van der Waals surface area (Å²) in [6.45, 7) is 0. The highest BCUT2D eigenvalue weighted by molar-refractivity contribution is 5.91. The zero-order valence-electron chi connectivity index (χ0n) is 16.7. The van der Waals surface area contributed by atoms with Gasteiger partial charge >= 0.3 is 0 Å². The van der Waals surface area contributed by atoms with E-state index in [1.165, 1.54) is 10.8 Å². The van der Waals surface area contributed by atoms with Gasteiger partial charge in [0, 0.05) is 16.3 Å². The molecule has 0 saturated carbocycles. The SMILES string of the molecule is C(c1cccc2ccccc12)=c1c(-c2ccccc2)nn2nc(-c3ccccc3)nc12. The Morgan fingerprint density at radius 1 is 0.613 bits per heavy atom. The molecule has 146 valence electrons. The maximum Gasteiger partial charge on any atom is 0.186 e. The van der Waals surface area contributed by atoms with Crippen molar-refractivity contribution in [2.75, 3.05) is 0 Å². The summed E-state index contributed by atoms with van der Waals surface area (Å²) >= 11 is 0. The van der Waals surface area contributed by atoms with Gasteiger partial charge in [-0.05, 0) is 22.4 Å². The fraction of sp³-hybridized carbons (Fsp3) is 0. The molecule has 0 saturated heterocycles. The summed E-state index contributed by atoms with van der Waals surface area (Å²) < 4.78 is 1.65. The van der Waals surface area contributed by atoms with Gasteiger partial charge < -0.3 is 0 Å². The van der Waals surface area contributed by atoms with E-state index in [1.54, 1.807) is 4.63 Å².